The Bertz CT molecular complexity index is 821. The average Bonchev–Trinajstić information content (AvgIpc) is 2.73. The number of rotatable bonds is 4. The Kier molecular flexibility index (Phi) is 3.57. The van der Waals surface area contributed by atoms with Crippen molar-refractivity contribution in [2.75, 3.05) is 11.0 Å². The molecule has 0 aliphatic rings. The molecule has 1 heterocycles. The molecule has 20 heavy (non-hydrogen) atoms. The summed E-state index contributed by atoms with van der Waals surface area (Å²) in [6.45, 7) is 1.70. The Labute approximate surface area is 117 Å². The van der Waals surface area contributed by atoms with Crippen LogP contribution in [-0.2, 0) is 19.9 Å². The monoisotopic (exact) mass is 315 g/mol. The molecule has 9 heteroatoms. The van der Waals surface area contributed by atoms with Gasteiger partial charge in [-0.15, -0.1) is 0 Å². The van der Waals surface area contributed by atoms with E-state index in [0.717, 1.165) is 6.26 Å². The van der Waals surface area contributed by atoms with Crippen LogP contribution in [0.4, 0.5) is 5.82 Å². The number of H-pyrrole nitrogens is 1. The van der Waals surface area contributed by atoms with E-state index in [-0.39, 0.29) is 15.6 Å². The van der Waals surface area contributed by atoms with Crippen molar-refractivity contribution in [2.24, 2.45) is 0 Å². The number of anilines is 1. The largest absolute Gasteiger partial charge is 0.264 e. The SMILES string of the molecule is Cc1cn[nH]c1NS(=O)(=O)c1ccc(S(C)(=O)=O)cc1. The number of sulfone groups is 1. The van der Waals surface area contributed by atoms with E-state index in [4.69, 9.17) is 0 Å². The van der Waals surface area contributed by atoms with Crippen LogP contribution in [0.3, 0.4) is 0 Å². The summed E-state index contributed by atoms with van der Waals surface area (Å²) in [5, 5.41) is 6.25. The lowest BCUT2D eigenvalue weighted by Crippen LogP contribution is -2.14. The van der Waals surface area contributed by atoms with Crippen molar-refractivity contribution in [3.05, 3.63) is 36.0 Å². The summed E-state index contributed by atoms with van der Waals surface area (Å²) in [5.41, 5.74) is 0.654. The molecule has 0 fully saturated rings. The normalized spacial score (nSPS) is 12.3. The molecule has 0 radical (unpaired) electrons. The molecule has 0 saturated carbocycles. The molecule has 7 nitrogen and oxygen atoms in total. The van der Waals surface area contributed by atoms with Gasteiger partial charge in [0, 0.05) is 11.8 Å². The van der Waals surface area contributed by atoms with E-state index in [1.165, 1.54) is 30.5 Å². The Morgan fingerprint density at radius 1 is 1.05 bits per heavy atom. The van der Waals surface area contributed by atoms with Gasteiger partial charge in [-0.25, -0.2) is 16.8 Å². The van der Waals surface area contributed by atoms with E-state index in [2.05, 4.69) is 14.9 Å². The minimum absolute atomic E-state index is 0.0288. The maximum atomic E-state index is 12.1. The number of aryl methyl sites for hydroxylation is 1. The fourth-order valence-corrected chi connectivity index (χ4v) is 3.23. The van der Waals surface area contributed by atoms with E-state index in [1.54, 1.807) is 6.92 Å². The topological polar surface area (TPSA) is 109 Å². The van der Waals surface area contributed by atoms with Crippen molar-refractivity contribution in [3.8, 4) is 0 Å². The third kappa shape index (κ3) is 2.99. The Balaban J connectivity index is 2.33. The third-order valence-corrected chi connectivity index (χ3v) is 5.12. The third-order valence-electron chi connectivity index (χ3n) is 2.63. The molecular formula is C11H13N3O4S2. The maximum Gasteiger partial charge on any atom is 0.263 e. The minimum Gasteiger partial charge on any atom is -0.264 e. The van der Waals surface area contributed by atoms with Crippen LogP contribution in [0.25, 0.3) is 0 Å². The fourth-order valence-electron chi connectivity index (χ4n) is 1.51. The smallest absolute Gasteiger partial charge is 0.263 e. The molecule has 2 rings (SSSR count). The van der Waals surface area contributed by atoms with Crippen LogP contribution in [0.1, 0.15) is 5.56 Å². The van der Waals surface area contributed by atoms with Gasteiger partial charge >= 0.3 is 0 Å². The molecule has 1 aromatic heterocycles. The highest BCUT2D eigenvalue weighted by Crippen LogP contribution is 2.18. The Morgan fingerprint density at radius 3 is 2.05 bits per heavy atom. The van der Waals surface area contributed by atoms with Crippen molar-refractivity contribution >= 4 is 25.7 Å². The molecule has 0 bridgehead atoms. The van der Waals surface area contributed by atoms with Crippen molar-refractivity contribution in [1.82, 2.24) is 10.2 Å². The van der Waals surface area contributed by atoms with Gasteiger partial charge in [0.1, 0.15) is 5.82 Å². The predicted molar refractivity (Wildman–Crippen MR) is 73.7 cm³/mol. The summed E-state index contributed by atoms with van der Waals surface area (Å²) in [7, 11) is -7.14. The van der Waals surface area contributed by atoms with Gasteiger partial charge in [-0.2, -0.15) is 5.10 Å². The molecule has 0 spiro atoms. The number of hydrogen-bond donors (Lipinski definition) is 2. The van der Waals surface area contributed by atoms with Crippen molar-refractivity contribution < 1.29 is 16.8 Å². The highest BCUT2D eigenvalue weighted by atomic mass is 32.2. The number of benzene rings is 1. The Morgan fingerprint density at radius 2 is 1.60 bits per heavy atom. The van der Waals surface area contributed by atoms with Gasteiger partial charge in [-0.1, -0.05) is 0 Å². The van der Waals surface area contributed by atoms with Crippen molar-refractivity contribution in [3.63, 3.8) is 0 Å². The molecule has 0 amide bonds. The molecule has 108 valence electrons. The van der Waals surface area contributed by atoms with Gasteiger partial charge in [0.2, 0.25) is 0 Å². The summed E-state index contributed by atoms with van der Waals surface area (Å²) < 4.78 is 49.2. The van der Waals surface area contributed by atoms with Crippen LogP contribution in [0, 0.1) is 6.92 Å². The van der Waals surface area contributed by atoms with Crippen LogP contribution in [-0.4, -0.2) is 33.3 Å². The second-order valence-electron chi connectivity index (χ2n) is 4.28. The van der Waals surface area contributed by atoms with E-state index in [9.17, 15) is 16.8 Å². The predicted octanol–water partition coefficient (Wildman–Crippen LogP) is 0.922. The highest BCUT2D eigenvalue weighted by Gasteiger charge is 2.17. The average molecular weight is 315 g/mol. The summed E-state index contributed by atoms with van der Waals surface area (Å²) in [6, 6.07) is 4.99. The van der Waals surface area contributed by atoms with Crippen LogP contribution in [0.2, 0.25) is 0 Å². The summed E-state index contributed by atoms with van der Waals surface area (Å²) in [6.07, 6.45) is 2.55. The second-order valence-corrected chi connectivity index (χ2v) is 7.98. The Hall–Kier alpha value is -1.87. The summed E-state index contributed by atoms with van der Waals surface area (Å²) in [4.78, 5) is 0.0353. The number of hydrogen-bond acceptors (Lipinski definition) is 5. The van der Waals surface area contributed by atoms with E-state index in [1.807, 2.05) is 0 Å². The van der Waals surface area contributed by atoms with E-state index < -0.39 is 19.9 Å². The standard InChI is InChI=1S/C11H13N3O4S2/c1-8-7-12-13-11(8)14-20(17,18)10-5-3-9(4-6-10)19(2,15)16/h3-7H,1-2H3,(H2,12,13,14). The van der Waals surface area contributed by atoms with Crippen LogP contribution >= 0.6 is 0 Å². The number of nitrogens with zero attached hydrogens (tertiary/aromatic N) is 1. The highest BCUT2D eigenvalue weighted by molar-refractivity contribution is 7.92. The summed E-state index contributed by atoms with van der Waals surface area (Å²) in [5.74, 6) is 0.275. The molecule has 0 atom stereocenters. The molecule has 1 aromatic carbocycles. The van der Waals surface area contributed by atoms with Crippen LogP contribution in [0.15, 0.2) is 40.3 Å². The van der Waals surface area contributed by atoms with Crippen molar-refractivity contribution in [1.29, 1.82) is 0 Å². The van der Waals surface area contributed by atoms with Gasteiger partial charge in [0.05, 0.1) is 16.0 Å². The lowest BCUT2D eigenvalue weighted by atomic mass is 10.4. The fraction of sp³-hybridized carbons (Fsp3) is 0.182. The van der Waals surface area contributed by atoms with Gasteiger partial charge < -0.3 is 0 Å². The lowest BCUT2D eigenvalue weighted by Gasteiger charge is -2.07. The van der Waals surface area contributed by atoms with Gasteiger partial charge in [0.25, 0.3) is 10.0 Å². The molecule has 0 aliphatic heterocycles. The van der Waals surface area contributed by atoms with Gasteiger partial charge in [-0.05, 0) is 31.2 Å². The maximum absolute atomic E-state index is 12.1. The van der Waals surface area contributed by atoms with Crippen molar-refractivity contribution in [2.45, 2.75) is 16.7 Å². The van der Waals surface area contributed by atoms with Gasteiger partial charge in [-0.3, -0.25) is 9.82 Å². The quantitative estimate of drug-likeness (QED) is 0.872. The van der Waals surface area contributed by atoms with Gasteiger partial charge in [0.15, 0.2) is 9.84 Å². The second kappa shape index (κ2) is 4.91. The number of sulfonamides is 1. The molecule has 0 aliphatic carbocycles. The number of nitrogens with one attached hydrogen (secondary N) is 2. The molecule has 2 aromatic rings. The molecule has 0 saturated heterocycles. The van der Waals surface area contributed by atoms with Crippen LogP contribution < -0.4 is 4.72 Å². The molecule has 0 unspecified atom stereocenters. The van der Waals surface area contributed by atoms with E-state index >= 15 is 0 Å². The van der Waals surface area contributed by atoms with Crippen LogP contribution in [0.5, 0.6) is 0 Å². The first kappa shape index (κ1) is 14.5. The lowest BCUT2D eigenvalue weighted by molar-refractivity contribution is 0.597. The molecular weight excluding hydrogens is 302 g/mol. The zero-order valence-corrected chi connectivity index (χ0v) is 12.4. The first-order valence-electron chi connectivity index (χ1n) is 5.53. The first-order valence-corrected chi connectivity index (χ1v) is 8.90. The zero-order chi connectivity index (χ0) is 15.0. The minimum atomic E-state index is -3.78. The van der Waals surface area contributed by atoms with E-state index in [0.29, 0.717) is 5.56 Å². The molecule has 2 N–H and O–H groups in total. The summed E-state index contributed by atoms with van der Waals surface area (Å²) >= 11 is 0. The zero-order valence-electron chi connectivity index (χ0n) is 10.8. The first-order chi connectivity index (χ1) is 9.20. The number of aromatic nitrogens is 2. The number of aromatic amines is 1.